The van der Waals surface area contributed by atoms with Crippen molar-refractivity contribution in [1.29, 1.82) is 0 Å². The minimum absolute atomic E-state index is 0.595. The van der Waals surface area contributed by atoms with E-state index >= 15 is 0 Å². The lowest BCUT2D eigenvalue weighted by atomic mass is 10.2. The summed E-state index contributed by atoms with van der Waals surface area (Å²) >= 11 is 7.62. The third kappa shape index (κ3) is 3.09. The molecule has 0 saturated carbocycles. The van der Waals surface area contributed by atoms with Crippen molar-refractivity contribution in [1.82, 2.24) is 15.0 Å². The topological polar surface area (TPSA) is 50.7 Å². The van der Waals surface area contributed by atoms with Gasteiger partial charge in [-0.25, -0.2) is 9.97 Å². The number of hydrogen-bond acceptors (Lipinski definition) is 5. The summed E-state index contributed by atoms with van der Waals surface area (Å²) in [7, 11) is 0. The summed E-state index contributed by atoms with van der Waals surface area (Å²) in [5.74, 6) is 1.37. The first-order valence-electron chi connectivity index (χ1n) is 7.46. The van der Waals surface area contributed by atoms with Crippen LogP contribution in [0, 0.1) is 0 Å². The monoisotopic (exact) mass is 352 g/mol. The van der Waals surface area contributed by atoms with Crippen molar-refractivity contribution in [2.24, 2.45) is 0 Å². The predicted octanol–water partition coefficient (Wildman–Crippen LogP) is 5.02. The first-order chi connectivity index (χ1) is 11.8. The average molecular weight is 353 g/mol. The van der Waals surface area contributed by atoms with Crippen LogP contribution in [0.2, 0.25) is 4.34 Å². The minimum Gasteiger partial charge on any atom is -0.365 e. The second kappa shape index (κ2) is 6.55. The van der Waals surface area contributed by atoms with Crippen molar-refractivity contribution in [2.45, 2.75) is 6.54 Å². The molecular formula is C18H13ClN4S. The number of aromatic nitrogens is 3. The highest BCUT2D eigenvalue weighted by Crippen LogP contribution is 2.33. The van der Waals surface area contributed by atoms with Crippen LogP contribution in [0.1, 0.15) is 5.56 Å². The molecule has 0 aliphatic heterocycles. The van der Waals surface area contributed by atoms with Gasteiger partial charge in [-0.2, -0.15) is 0 Å². The van der Waals surface area contributed by atoms with Crippen LogP contribution in [0.4, 0.5) is 5.82 Å². The molecule has 4 aromatic rings. The van der Waals surface area contributed by atoms with E-state index in [1.165, 1.54) is 16.9 Å². The molecule has 0 bridgehead atoms. The molecule has 1 aromatic carbocycles. The molecule has 3 aromatic heterocycles. The molecule has 0 aliphatic rings. The normalized spacial score (nSPS) is 10.9. The predicted molar refractivity (Wildman–Crippen MR) is 99.4 cm³/mol. The van der Waals surface area contributed by atoms with Gasteiger partial charge in [0, 0.05) is 12.7 Å². The Balaban J connectivity index is 1.75. The molecular weight excluding hydrogens is 340 g/mol. The Morgan fingerprint density at radius 2 is 1.83 bits per heavy atom. The van der Waals surface area contributed by atoms with Crippen LogP contribution < -0.4 is 5.32 Å². The van der Waals surface area contributed by atoms with Crippen molar-refractivity contribution < 1.29 is 0 Å². The van der Waals surface area contributed by atoms with Gasteiger partial charge in [-0.15, -0.1) is 11.3 Å². The van der Waals surface area contributed by atoms with E-state index in [0.717, 1.165) is 21.7 Å². The van der Waals surface area contributed by atoms with Crippen LogP contribution in [-0.4, -0.2) is 15.0 Å². The Labute approximate surface area is 148 Å². The van der Waals surface area contributed by atoms with E-state index in [1.54, 1.807) is 6.20 Å². The Morgan fingerprint density at radius 1 is 1.00 bits per heavy atom. The first-order valence-corrected chi connectivity index (χ1v) is 8.65. The number of rotatable bonds is 4. The summed E-state index contributed by atoms with van der Waals surface area (Å²) in [4.78, 5) is 14.5. The highest BCUT2D eigenvalue weighted by Gasteiger charge is 2.13. The van der Waals surface area contributed by atoms with E-state index in [9.17, 15) is 0 Å². The smallest absolute Gasteiger partial charge is 0.181 e. The van der Waals surface area contributed by atoms with E-state index in [1.807, 2.05) is 42.5 Å². The van der Waals surface area contributed by atoms with Crippen LogP contribution in [0.25, 0.3) is 21.7 Å². The lowest BCUT2D eigenvalue weighted by molar-refractivity contribution is 1.10. The van der Waals surface area contributed by atoms with Gasteiger partial charge < -0.3 is 5.32 Å². The largest absolute Gasteiger partial charge is 0.365 e. The van der Waals surface area contributed by atoms with Gasteiger partial charge in [0.2, 0.25) is 0 Å². The fourth-order valence-corrected chi connectivity index (χ4v) is 3.51. The molecule has 6 heteroatoms. The van der Waals surface area contributed by atoms with Gasteiger partial charge in [-0.3, -0.25) is 4.98 Å². The Kier molecular flexibility index (Phi) is 4.11. The number of anilines is 1. The second-order valence-electron chi connectivity index (χ2n) is 5.22. The summed E-state index contributed by atoms with van der Waals surface area (Å²) in [5, 5.41) is 4.33. The van der Waals surface area contributed by atoms with Crippen molar-refractivity contribution in [3.8, 4) is 11.5 Å². The number of halogens is 1. The van der Waals surface area contributed by atoms with Gasteiger partial charge in [-0.05, 0) is 23.8 Å². The molecule has 0 amide bonds. The Hall–Kier alpha value is -2.50. The van der Waals surface area contributed by atoms with Crippen LogP contribution in [0.5, 0.6) is 0 Å². The number of pyridine rings is 1. The third-order valence-electron chi connectivity index (χ3n) is 3.56. The fraction of sp³-hybridized carbons (Fsp3) is 0.0556. The fourth-order valence-electron chi connectivity index (χ4n) is 2.42. The molecule has 0 fully saturated rings. The van der Waals surface area contributed by atoms with Gasteiger partial charge in [-0.1, -0.05) is 48.0 Å². The molecule has 1 N–H and O–H groups in total. The summed E-state index contributed by atoms with van der Waals surface area (Å²) in [6.07, 6.45) is 1.74. The maximum Gasteiger partial charge on any atom is 0.181 e. The molecule has 0 spiro atoms. The van der Waals surface area contributed by atoms with E-state index in [-0.39, 0.29) is 0 Å². The summed E-state index contributed by atoms with van der Waals surface area (Å²) < 4.78 is 0.695. The zero-order valence-electron chi connectivity index (χ0n) is 12.6. The minimum atomic E-state index is 0.595. The highest BCUT2D eigenvalue weighted by molar-refractivity contribution is 7.22. The third-order valence-corrected chi connectivity index (χ3v) is 4.72. The van der Waals surface area contributed by atoms with Crippen LogP contribution in [-0.2, 0) is 6.54 Å². The molecule has 24 heavy (non-hydrogen) atoms. The van der Waals surface area contributed by atoms with E-state index in [2.05, 4.69) is 32.4 Å². The van der Waals surface area contributed by atoms with Crippen LogP contribution in [0.3, 0.4) is 0 Å². The molecule has 118 valence electrons. The van der Waals surface area contributed by atoms with Crippen molar-refractivity contribution in [2.75, 3.05) is 5.32 Å². The van der Waals surface area contributed by atoms with Crippen molar-refractivity contribution >= 4 is 39.0 Å². The lowest BCUT2D eigenvalue weighted by Gasteiger charge is -2.09. The molecule has 3 heterocycles. The van der Waals surface area contributed by atoms with Gasteiger partial charge in [0.05, 0.1) is 9.72 Å². The zero-order valence-corrected chi connectivity index (χ0v) is 14.2. The van der Waals surface area contributed by atoms with Crippen LogP contribution >= 0.6 is 22.9 Å². The zero-order chi connectivity index (χ0) is 16.4. The molecule has 0 unspecified atom stereocenters. The van der Waals surface area contributed by atoms with Gasteiger partial charge in [0.25, 0.3) is 0 Å². The number of benzene rings is 1. The molecule has 0 aliphatic carbocycles. The first kappa shape index (κ1) is 15.1. The lowest BCUT2D eigenvalue weighted by Crippen LogP contribution is -2.03. The van der Waals surface area contributed by atoms with Gasteiger partial charge in [0.1, 0.15) is 16.3 Å². The van der Waals surface area contributed by atoms with Crippen LogP contribution in [0.15, 0.2) is 60.8 Å². The number of hydrogen-bond donors (Lipinski definition) is 1. The Bertz CT molecular complexity index is 970. The number of fused-ring (bicyclic) bond motifs is 1. The SMILES string of the molecule is Clc1cc2c(NCc3ccccc3)nc(-c3ccccn3)nc2s1. The van der Waals surface area contributed by atoms with Crippen molar-refractivity contribution in [3.05, 3.63) is 70.7 Å². The highest BCUT2D eigenvalue weighted by atomic mass is 35.5. The maximum absolute atomic E-state index is 6.18. The molecule has 0 atom stereocenters. The quantitative estimate of drug-likeness (QED) is 0.560. The summed E-state index contributed by atoms with van der Waals surface area (Å²) in [6, 6.07) is 17.8. The van der Waals surface area contributed by atoms with Gasteiger partial charge in [0.15, 0.2) is 5.82 Å². The number of thiophene rings is 1. The molecule has 4 rings (SSSR count). The number of nitrogens with one attached hydrogen (secondary N) is 1. The molecule has 4 nitrogen and oxygen atoms in total. The summed E-state index contributed by atoms with van der Waals surface area (Å²) in [6.45, 7) is 0.683. The van der Waals surface area contributed by atoms with E-state index in [0.29, 0.717) is 16.7 Å². The summed E-state index contributed by atoms with van der Waals surface area (Å²) in [5.41, 5.74) is 1.93. The van der Waals surface area contributed by atoms with E-state index in [4.69, 9.17) is 11.6 Å². The van der Waals surface area contributed by atoms with E-state index < -0.39 is 0 Å². The second-order valence-corrected chi connectivity index (χ2v) is 6.88. The van der Waals surface area contributed by atoms with Crippen molar-refractivity contribution in [3.63, 3.8) is 0 Å². The molecule has 0 radical (unpaired) electrons. The number of nitrogens with zero attached hydrogens (tertiary/aromatic N) is 3. The Morgan fingerprint density at radius 3 is 2.62 bits per heavy atom. The average Bonchev–Trinajstić information content (AvgIpc) is 3.01. The maximum atomic E-state index is 6.18. The standard InChI is InChI=1S/C18H13ClN4S/c19-15-10-13-16(21-11-12-6-2-1-3-7-12)22-17(23-18(13)24-15)14-8-4-5-9-20-14/h1-10H,11H2,(H,21,22,23). The van der Waals surface area contributed by atoms with Gasteiger partial charge >= 0.3 is 0 Å². The molecule has 0 saturated heterocycles.